The molecule has 6 nitrogen and oxygen atoms in total. The van der Waals surface area contributed by atoms with Crippen molar-refractivity contribution in [2.45, 2.75) is 37.6 Å². The van der Waals surface area contributed by atoms with Gasteiger partial charge in [0.2, 0.25) is 0 Å². The third-order valence-corrected chi connectivity index (χ3v) is 6.26. The zero-order valence-corrected chi connectivity index (χ0v) is 19.5. The van der Waals surface area contributed by atoms with Gasteiger partial charge in [-0.15, -0.1) is 10.2 Å². The SMILES string of the molecule is CCOC(=O)c1c(CSc2nnc(C(C)C)n2C)nc2ccccc2c1-c1ccccc1. The summed E-state index contributed by atoms with van der Waals surface area (Å²) in [5, 5.41) is 10.4. The molecular formula is C25H26N4O2S. The summed E-state index contributed by atoms with van der Waals surface area (Å²) < 4.78 is 7.47. The normalized spacial score (nSPS) is 11.3. The smallest absolute Gasteiger partial charge is 0.340 e. The molecule has 2 aromatic carbocycles. The molecule has 0 fully saturated rings. The number of nitrogens with zero attached hydrogens (tertiary/aromatic N) is 4. The predicted octanol–water partition coefficient (Wildman–Crippen LogP) is 5.62. The Labute approximate surface area is 192 Å². The van der Waals surface area contributed by atoms with Gasteiger partial charge in [0.1, 0.15) is 5.82 Å². The second kappa shape index (κ2) is 9.53. The number of carbonyl (C=O) groups excluding carboxylic acids is 1. The van der Waals surface area contributed by atoms with Gasteiger partial charge in [-0.25, -0.2) is 4.79 Å². The van der Waals surface area contributed by atoms with Crippen LogP contribution < -0.4 is 0 Å². The predicted molar refractivity (Wildman–Crippen MR) is 128 cm³/mol. The number of pyridine rings is 1. The number of esters is 1. The molecule has 0 aliphatic rings. The molecule has 4 aromatic rings. The minimum absolute atomic E-state index is 0.278. The minimum atomic E-state index is -0.360. The lowest BCUT2D eigenvalue weighted by Gasteiger charge is -2.16. The lowest BCUT2D eigenvalue weighted by atomic mass is 9.94. The Morgan fingerprint density at radius 1 is 1.06 bits per heavy atom. The van der Waals surface area contributed by atoms with Gasteiger partial charge in [0.05, 0.1) is 23.4 Å². The first kappa shape index (κ1) is 22.0. The van der Waals surface area contributed by atoms with E-state index in [4.69, 9.17) is 9.72 Å². The summed E-state index contributed by atoms with van der Waals surface area (Å²) in [7, 11) is 1.97. The summed E-state index contributed by atoms with van der Waals surface area (Å²) >= 11 is 1.52. The van der Waals surface area contributed by atoms with E-state index in [1.807, 2.05) is 73.1 Å². The number of thioether (sulfide) groups is 1. The standard InChI is InChI=1S/C25H26N4O2S/c1-5-31-24(30)22-20(15-32-25-28-27-23(16(2)3)29(25)4)26-19-14-10-9-13-18(19)21(22)17-11-7-6-8-12-17/h6-14,16H,5,15H2,1-4H3. The van der Waals surface area contributed by atoms with Gasteiger partial charge in [-0.2, -0.15) is 0 Å². The zero-order chi connectivity index (χ0) is 22.7. The molecule has 2 heterocycles. The van der Waals surface area contributed by atoms with E-state index < -0.39 is 0 Å². The van der Waals surface area contributed by atoms with Crippen LogP contribution in [0.3, 0.4) is 0 Å². The highest BCUT2D eigenvalue weighted by molar-refractivity contribution is 7.98. The molecule has 2 aromatic heterocycles. The molecule has 0 amide bonds. The van der Waals surface area contributed by atoms with Crippen LogP contribution in [0.5, 0.6) is 0 Å². The Kier molecular flexibility index (Phi) is 6.55. The lowest BCUT2D eigenvalue weighted by molar-refractivity contribution is 0.0526. The van der Waals surface area contributed by atoms with E-state index >= 15 is 0 Å². The highest BCUT2D eigenvalue weighted by Gasteiger charge is 2.24. The number of para-hydroxylation sites is 1. The van der Waals surface area contributed by atoms with Crippen LogP contribution in [0.2, 0.25) is 0 Å². The van der Waals surface area contributed by atoms with Crippen LogP contribution >= 0.6 is 11.8 Å². The number of fused-ring (bicyclic) bond motifs is 1. The monoisotopic (exact) mass is 446 g/mol. The van der Waals surface area contributed by atoms with Gasteiger partial charge in [-0.3, -0.25) is 4.98 Å². The molecule has 0 radical (unpaired) electrons. The van der Waals surface area contributed by atoms with Crippen molar-refractivity contribution in [3.8, 4) is 11.1 Å². The molecular weight excluding hydrogens is 420 g/mol. The Hall–Kier alpha value is -3.19. The van der Waals surface area contributed by atoms with Crippen molar-refractivity contribution in [1.82, 2.24) is 19.7 Å². The first-order valence-electron chi connectivity index (χ1n) is 10.7. The molecule has 164 valence electrons. The van der Waals surface area contributed by atoms with Gasteiger partial charge < -0.3 is 9.30 Å². The van der Waals surface area contributed by atoms with Gasteiger partial charge in [-0.05, 0) is 18.6 Å². The molecule has 0 aliphatic heterocycles. The topological polar surface area (TPSA) is 69.9 Å². The molecule has 0 atom stereocenters. The number of ether oxygens (including phenoxy) is 1. The summed E-state index contributed by atoms with van der Waals surface area (Å²) in [4.78, 5) is 18.0. The average molecular weight is 447 g/mol. The number of carbonyl (C=O) groups is 1. The van der Waals surface area contributed by atoms with Gasteiger partial charge in [-0.1, -0.05) is 74.1 Å². The number of hydrogen-bond acceptors (Lipinski definition) is 6. The quantitative estimate of drug-likeness (QED) is 0.271. The molecule has 0 spiro atoms. The molecule has 0 saturated heterocycles. The van der Waals surface area contributed by atoms with E-state index in [1.165, 1.54) is 11.8 Å². The van der Waals surface area contributed by atoms with Crippen LogP contribution in [0.15, 0.2) is 59.8 Å². The number of aromatic nitrogens is 4. The summed E-state index contributed by atoms with van der Waals surface area (Å²) in [5.74, 6) is 1.32. The maximum absolute atomic E-state index is 13.2. The Balaban J connectivity index is 1.86. The molecule has 4 rings (SSSR count). The lowest BCUT2D eigenvalue weighted by Crippen LogP contribution is -2.12. The van der Waals surface area contributed by atoms with Gasteiger partial charge in [0.15, 0.2) is 5.16 Å². The van der Waals surface area contributed by atoms with Crippen molar-refractivity contribution in [1.29, 1.82) is 0 Å². The summed E-state index contributed by atoms with van der Waals surface area (Å²) in [6.07, 6.45) is 0. The molecule has 32 heavy (non-hydrogen) atoms. The van der Waals surface area contributed by atoms with E-state index in [2.05, 4.69) is 24.0 Å². The van der Waals surface area contributed by atoms with Crippen LogP contribution in [0.25, 0.3) is 22.0 Å². The van der Waals surface area contributed by atoms with Crippen LogP contribution in [-0.4, -0.2) is 32.3 Å². The van der Waals surface area contributed by atoms with Crippen LogP contribution in [0, 0.1) is 0 Å². The van der Waals surface area contributed by atoms with Crippen LogP contribution in [0.4, 0.5) is 0 Å². The largest absolute Gasteiger partial charge is 0.462 e. The zero-order valence-electron chi connectivity index (χ0n) is 18.7. The van der Waals surface area contributed by atoms with Gasteiger partial charge in [0, 0.05) is 29.7 Å². The fraction of sp³-hybridized carbons (Fsp3) is 0.280. The molecule has 7 heteroatoms. The van der Waals surface area contributed by atoms with Gasteiger partial charge in [0.25, 0.3) is 0 Å². The highest BCUT2D eigenvalue weighted by Crippen LogP contribution is 2.35. The molecule has 0 N–H and O–H groups in total. The number of hydrogen-bond donors (Lipinski definition) is 0. The summed E-state index contributed by atoms with van der Waals surface area (Å²) in [5.41, 5.74) is 3.85. The number of benzene rings is 2. The highest BCUT2D eigenvalue weighted by atomic mass is 32.2. The van der Waals surface area contributed by atoms with E-state index in [1.54, 1.807) is 0 Å². The Morgan fingerprint density at radius 3 is 2.47 bits per heavy atom. The summed E-state index contributed by atoms with van der Waals surface area (Å²) in [6.45, 7) is 6.30. The van der Waals surface area contributed by atoms with Crippen LogP contribution in [-0.2, 0) is 17.5 Å². The molecule has 0 aliphatic carbocycles. The fourth-order valence-electron chi connectivity index (χ4n) is 3.78. The maximum Gasteiger partial charge on any atom is 0.340 e. The number of rotatable bonds is 7. The second-order valence-corrected chi connectivity index (χ2v) is 8.70. The van der Waals surface area contributed by atoms with E-state index in [0.29, 0.717) is 23.6 Å². The molecule has 0 bridgehead atoms. The van der Waals surface area contributed by atoms with Crippen molar-refractivity contribution >= 4 is 28.6 Å². The van der Waals surface area contributed by atoms with Gasteiger partial charge >= 0.3 is 5.97 Å². The second-order valence-electron chi connectivity index (χ2n) is 7.76. The first-order chi connectivity index (χ1) is 15.5. The van der Waals surface area contributed by atoms with E-state index in [0.717, 1.165) is 33.0 Å². The Bertz CT molecular complexity index is 1250. The van der Waals surface area contributed by atoms with E-state index in [-0.39, 0.29) is 11.9 Å². The summed E-state index contributed by atoms with van der Waals surface area (Å²) in [6, 6.07) is 17.8. The Morgan fingerprint density at radius 2 is 1.78 bits per heavy atom. The van der Waals surface area contributed by atoms with Crippen molar-refractivity contribution < 1.29 is 9.53 Å². The van der Waals surface area contributed by atoms with Crippen molar-refractivity contribution in [3.05, 3.63) is 71.7 Å². The maximum atomic E-state index is 13.2. The van der Waals surface area contributed by atoms with Crippen LogP contribution in [0.1, 0.15) is 48.6 Å². The fourth-order valence-corrected chi connectivity index (χ4v) is 4.64. The van der Waals surface area contributed by atoms with Crippen molar-refractivity contribution in [2.24, 2.45) is 7.05 Å². The van der Waals surface area contributed by atoms with E-state index in [9.17, 15) is 4.79 Å². The van der Waals surface area contributed by atoms with Crippen molar-refractivity contribution in [3.63, 3.8) is 0 Å². The third-order valence-electron chi connectivity index (χ3n) is 5.23. The first-order valence-corrected chi connectivity index (χ1v) is 11.7. The average Bonchev–Trinajstić information content (AvgIpc) is 3.17. The molecule has 0 unspecified atom stereocenters. The van der Waals surface area contributed by atoms with Crippen molar-refractivity contribution in [2.75, 3.05) is 6.61 Å². The minimum Gasteiger partial charge on any atom is -0.462 e. The third kappa shape index (κ3) is 4.25. The molecule has 0 saturated carbocycles.